The summed E-state index contributed by atoms with van der Waals surface area (Å²) in [6.45, 7) is 0.751. The monoisotopic (exact) mass is 364 g/mol. The number of hydrogen-bond acceptors (Lipinski definition) is 5. The second kappa shape index (κ2) is 6.85. The maximum absolute atomic E-state index is 13.2. The molecule has 1 fully saturated rings. The molecule has 1 aliphatic rings. The fourth-order valence-electron chi connectivity index (χ4n) is 3.29. The van der Waals surface area contributed by atoms with Gasteiger partial charge in [-0.15, -0.1) is 0 Å². The number of amides is 1. The van der Waals surface area contributed by atoms with Crippen molar-refractivity contribution < 1.29 is 14.4 Å². The number of benzene rings is 1. The predicted octanol–water partition coefficient (Wildman–Crippen LogP) is 2.82. The molecule has 0 N–H and O–H groups in total. The van der Waals surface area contributed by atoms with Crippen molar-refractivity contribution in [3.8, 4) is 0 Å². The Kier molecular flexibility index (Phi) is 4.37. The van der Waals surface area contributed by atoms with Gasteiger partial charge in [0.25, 0.3) is 0 Å². The molecule has 0 radical (unpaired) electrons. The molecular formula is C20H20N4O3. The first kappa shape index (κ1) is 17.2. The zero-order chi connectivity index (χ0) is 19.0. The van der Waals surface area contributed by atoms with Crippen LogP contribution in [0.4, 0.5) is 10.5 Å². The molecule has 0 saturated carbocycles. The minimum Gasteiger partial charge on any atom is -0.330 e. The van der Waals surface area contributed by atoms with Gasteiger partial charge in [-0.25, -0.2) is 4.79 Å². The Hall–Kier alpha value is -3.19. The quantitative estimate of drug-likeness (QED) is 0.669. The van der Waals surface area contributed by atoms with E-state index in [1.165, 1.54) is 9.47 Å². The first-order valence-electron chi connectivity index (χ1n) is 8.72. The second-order valence-corrected chi connectivity index (χ2v) is 6.74. The second-order valence-electron chi connectivity index (χ2n) is 6.74. The van der Waals surface area contributed by atoms with Crippen LogP contribution >= 0.6 is 0 Å². The van der Waals surface area contributed by atoms with Gasteiger partial charge in [-0.05, 0) is 18.2 Å². The van der Waals surface area contributed by atoms with Crippen LogP contribution in [0.1, 0.15) is 10.4 Å². The van der Waals surface area contributed by atoms with Gasteiger partial charge in [-0.2, -0.15) is 0 Å². The number of hydrogen-bond donors (Lipinski definition) is 0. The lowest BCUT2D eigenvalue weighted by atomic mass is 9.98. The number of fused-ring (bicyclic) bond motifs is 1. The Morgan fingerprint density at radius 3 is 2.74 bits per heavy atom. The molecule has 1 unspecified atom stereocenters. The van der Waals surface area contributed by atoms with E-state index in [9.17, 15) is 9.59 Å². The highest BCUT2D eigenvalue weighted by Crippen LogP contribution is 2.28. The van der Waals surface area contributed by atoms with Crippen LogP contribution in [0.2, 0.25) is 0 Å². The standard InChI is InChI=1S/C20H20N4O3/c1-22(2)20(26)23-12-17(16-7-3-4-8-18(16)23)19(25)14-11-24(27-13-14)15-6-5-9-21-10-15/h3-10,12,14H,11,13H2,1-2H3. The summed E-state index contributed by atoms with van der Waals surface area (Å²) in [6.07, 6.45) is 5.04. The number of anilines is 1. The lowest BCUT2D eigenvalue weighted by molar-refractivity contribution is 0.0898. The Morgan fingerprint density at radius 1 is 1.19 bits per heavy atom. The number of carbonyl (C=O) groups is 2. The Balaban J connectivity index is 1.65. The molecule has 1 amide bonds. The molecule has 2 aromatic heterocycles. The molecule has 7 heteroatoms. The van der Waals surface area contributed by atoms with Gasteiger partial charge >= 0.3 is 6.03 Å². The molecule has 0 bridgehead atoms. The lowest BCUT2D eigenvalue weighted by Crippen LogP contribution is -2.26. The normalized spacial score (nSPS) is 16.7. The summed E-state index contributed by atoms with van der Waals surface area (Å²) in [7, 11) is 3.38. The van der Waals surface area contributed by atoms with E-state index in [4.69, 9.17) is 4.84 Å². The highest BCUT2D eigenvalue weighted by molar-refractivity contribution is 6.11. The maximum Gasteiger partial charge on any atom is 0.328 e. The van der Waals surface area contributed by atoms with Crippen LogP contribution < -0.4 is 5.06 Å². The number of nitrogens with zero attached hydrogens (tertiary/aromatic N) is 4. The summed E-state index contributed by atoms with van der Waals surface area (Å²) in [6, 6.07) is 11.0. The third-order valence-corrected chi connectivity index (χ3v) is 4.69. The van der Waals surface area contributed by atoms with E-state index in [2.05, 4.69) is 4.98 Å². The average Bonchev–Trinajstić information content (AvgIpc) is 3.33. The van der Waals surface area contributed by atoms with Crippen LogP contribution in [0.25, 0.3) is 10.9 Å². The number of hydroxylamine groups is 1. The van der Waals surface area contributed by atoms with Crippen LogP contribution in [-0.2, 0) is 4.84 Å². The van der Waals surface area contributed by atoms with Crippen LogP contribution in [-0.4, -0.2) is 53.5 Å². The van der Waals surface area contributed by atoms with E-state index < -0.39 is 0 Å². The molecule has 0 aliphatic carbocycles. The summed E-state index contributed by atoms with van der Waals surface area (Å²) < 4.78 is 1.53. The third-order valence-electron chi connectivity index (χ3n) is 4.69. The summed E-state index contributed by atoms with van der Waals surface area (Å²) in [5, 5.41) is 2.47. The Bertz CT molecular complexity index is 997. The fraction of sp³-hybridized carbons (Fsp3) is 0.250. The summed E-state index contributed by atoms with van der Waals surface area (Å²) in [4.78, 5) is 36.9. The highest BCUT2D eigenvalue weighted by atomic mass is 16.7. The number of aromatic nitrogens is 2. The van der Waals surface area contributed by atoms with E-state index in [-0.39, 0.29) is 17.7 Å². The number of Topliss-reactive ketones (excluding diaryl/α,β-unsaturated/α-hetero) is 1. The number of pyridine rings is 1. The van der Waals surface area contributed by atoms with Crippen molar-refractivity contribution in [2.75, 3.05) is 32.3 Å². The largest absolute Gasteiger partial charge is 0.330 e. The van der Waals surface area contributed by atoms with Crippen molar-refractivity contribution in [2.45, 2.75) is 0 Å². The molecule has 27 heavy (non-hydrogen) atoms. The summed E-state index contributed by atoms with van der Waals surface area (Å²) in [5.74, 6) is -0.332. The molecule has 1 aliphatic heterocycles. The molecule has 1 saturated heterocycles. The topological polar surface area (TPSA) is 67.7 Å². The SMILES string of the molecule is CN(C)C(=O)n1cc(C(=O)C2CON(c3cccnc3)C2)c2ccccc21. The molecule has 0 spiro atoms. The van der Waals surface area contributed by atoms with E-state index in [1.54, 1.807) is 37.7 Å². The van der Waals surface area contributed by atoms with Crippen LogP contribution in [0.5, 0.6) is 0 Å². The molecule has 3 heterocycles. The van der Waals surface area contributed by atoms with Gasteiger partial charge in [-0.1, -0.05) is 18.2 Å². The van der Waals surface area contributed by atoms with Crippen LogP contribution in [0, 0.1) is 5.92 Å². The molecule has 1 aromatic carbocycles. The molecule has 7 nitrogen and oxygen atoms in total. The van der Waals surface area contributed by atoms with Gasteiger partial charge < -0.3 is 4.90 Å². The van der Waals surface area contributed by atoms with Gasteiger partial charge in [0, 0.05) is 37.4 Å². The van der Waals surface area contributed by atoms with Gasteiger partial charge in [0.2, 0.25) is 0 Å². The molecule has 4 rings (SSSR count). The van der Waals surface area contributed by atoms with Crippen molar-refractivity contribution in [3.05, 3.63) is 60.6 Å². The molecule has 3 aromatic rings. The Labute approximate surface area is 156 Å². The van der Waals surface area contributed by atoms with E-state index in [0.29, 0.717) is 18.7 Å². The van der Waals surface area contributed by atoms with Gasteiger partial charge in [-0.3, -0.25) is 24.2 Å². The molecular weight excluding hydrogens is 344 g/mol. The smallest absolute Gasteiger partial charge is 0.328 e. The van der Waals surface area contributed by atoms with Crippen molar-refractivity contribution in [2.24, 2.45) is 5.92 Å². The molecule has 1 atom stereocenters. The third kappa shape index (κ3) is 3.06. The van der Waals surface area contributed by atoms with Crippen molar-refractivity contribution >= 4 is 28.4 Å². The summed E-state index contributed by atoms with van der Waals surface area (Å²) in [5.41, 5.74) is 2.09. The van der Waals surface area contributed by atoms with E-state index in [1.807, 2.05) is 36.4 Å². The van der Waals surface area contributed by atoms with Crippen LogP contribution in [0.15, 0.2) is 55.0 Å². The summed E-state index contributed by atoms with van der Waals surface area (Å²) >= 11 is 0. The van der Waals surface area contributed by atoms with Gasteiger partial charge in [0.1, 0.15) is 0 Å². The average molecular weight is 364 g/mol. The number of rotatable bonds is 3. The van der Waals surface area contributed by atoms with Crippen LogP contribution in [0.3, 0.4) is 0 Å². The zero-order valence-electron chi connectivity index (χ0n) is 15.2. The van der Waals surface area contributed by atoms with E-state index >= 15 is 0 Å². The van der Waals surface area contributed by atoms with Crippen molar-refractivity contribution in [1.29, 1.82) is 0 Å². The maximum atomic E-state index is 13.2. The minimum atomic E-state index is -0.307. The fourth-order valence-corrected chi connectivity index (χ4v) is 3.29. The zero-order valence-corrected chi connectivity index (χ0v) is 15.2. The first-order valence-corrected chi connectivity index (χ1v) is 8.72. The van der Waals surface area contributed by atoms with Gasteiger partial charge in [0.05, 0.1) is 36.5 Å². The highest BCUT2D eigenvalue weighted by Gasteiger charge is 2.32. The van der Waals surface area contributed by atoms with Gasteiger partial charge in [0.15, 0.2) is 5.78 Å². The molecule has 138 valence electrons. The van der Waals surface area contributed by atoms with E-state index in [0.717, 1.165) is 16.6 Å². The first-order chi connectivity index (χ1) is 13.1. The lowest BCUT2D eigenvalue weighted by Gasteiger charge is -2.15. The number of carbonyl (C=O) groups excluding carboxylic acids is 2. The number of ketones is 1. The van der Waals surface area contributed by atoms with Crippen molar-refractivity contribution in [1.82, 2.24) is 14.5 Å². The van der Waals surface area contributed by atoms with Crippen molar-refractivity contribution in [3.63, 3.8) is 0 Å². The minimum absolute atomic E-state index is 0.0251. The number of para-hydroxylation sites is 1. The Morgan fingerprint density at radius 2 is 2.00 bits per heavy atom. The predicted molar refractivity (Wildman–Crippen MR) is 102 cm³/mol.